The molecule has 0 atom stereocenters. The summed E-state index contributed by atoms with van der Waals surface area (Å²) in [6.07, 6.45) is 0. The number of aryl methyl sites for hydroxylation is 2. The van der Waals surface area contributed by atoms with Gasteiger partial charge >= 0.3 is 0 Å². The van der Waals surface area contributed by atoms with Gasteiger partial charge in [0.1, 0.15) is 0 Å². The van der Waals surface area contributed by atoms with Crippen molar-refractivity contribution in [1.29, 1.82) is 0 Å². The molecule has 1 amide bonds. The number of hydrogen-bond acceptors (Lipinski definition) is 5. The van der Waals surface area contributed by atoms with Crippen LogP contribution in [0.1, 0.15) is 17.4 Å². The van der Waals surface area contributed by atoms with Gasteiger partial charge in [0.15, 0.2) is 11.0 Å². The maximum absolute atomic E-state index is 12.4. The lowest BCUT2D eigenvalue weighted by atomic mass is 10.0. The molecular weight excluding hydrogens is 460 g/mol. The zero-order chi connectivity index (χ0) is 22.7. The summed E-state index contributed by atoms with van der Waals surface area (Å²) in [6.45, 7) is 6.99. The second-order valence-electron chi connectivity index (χ2n) is 7.31. The van der Waals surface area contributed by atoms with E-state index in [1.54, 1.807) is 23.5 Å². The molecule has 0 aliphatic carbocycles. The van der Waals surface area contributed by atoms with Crippen LogP contribution in [0.3, 0.4) is 0 Å². The zero-order valence-corrected chi connectivity index (χ0v) is 20.4. The summed E-state index contributed by atoms with van der Waals surface area (Å²) in [5.74, 6) is 0.903. The summed E-state index contributed by atoms with van der Waals surface area (Å²) in [4.78, 5) is 13.7. The highest BCUT2D eigenvalue weighted by molar-refractivity contribution is 7.99. The van der Waals surface area contributed by atoms with E-state index in [-0.39, 0.29) is 11.7 Å². The van der Waals surface area contributed by atoms with Gasteiger partial charge in [-0.05, 0) is 38.5 Å². The van der Waals surface area contributed by atoms with E-state index in [4.69, 9.17) is 11.6 Å². The Morgan fingerprint density at radius 2 is 1.88 bits per heavy atom. The van der Waals surface area contributed by atoms with Crippen LogP contribution < -0.4 is 5.32 Å². The van der Waals surface area contributed by atoms with Crippen molar-refractivity contribution >= 4 is 46.3 Å². The van der Waals surface area contributed by atoms with Crippen LogP contribution in [-0.2, 0) is 11.3 Å². The number of hydrogen-bond donors (Lipinski definition) is 1. The smallest absolute Gasteiger partial charge is 0.234 e. The lowest BCUT2D eigenvalue weighted by molar-refractivity contribution is -0.113. The summed E-state index contributed by atoms with van der Waals surface area (Å²) < 4.78 is 2.06. The average Bonchev–Trinajstić information content (AvgIpc) is 3.37. The van der Waals surface area contributed by atoms with Gasteiger partial charge in [0.2, 0.25) is 5.91 Å². The van der Waals surface area contributed by atoms with Crippen molar-refractivity contribution in [1.82, 2.24) is 14.8 Å². The molecule has 0 saturated heterocycles. The van der Waals surface area contributed by atoms with Gasteiger partial charge in [0, 0.05) is 27.9 Å². The molecule has 1 N–H and O–H groups in total. The molecule has 32 heavy (non-hydrogen) atoms. The second kappa shape index (κ2) is 9.90. The molecule has 164 valence electrons. The van der Waals surface area contributed by atoms with E-state index in [0.29, 0.717) is 17.3 Å². The summed E-state index contributed by atoms with van der Waals surface area (Å²) in [7, 11) is 0. The van der Waals surface area contributed by atoms with Gasteiger partial charge in [-0.25, -0.2) is 0 Å². The lowest BCUT2D eigenvalue weighted by Gasteiger charge is -2.10. The molecule has 0 bridgehead atoms. The number of thiophene rings is 1. The van der Waals surface area contributed by atoms with E-state index in [0.717, 1.165) is 16.5 Å². The van der Waals surface area contributed by atoms with E-state index in [1.165, 1.54) is 33.3 Å². The second-order valence-corrected chi connectivity index (χ2v) is 9.75. The molecule has 4 aromatic rings. The Bertz CT molecular complexity index is 1250. The van der Waals surface area contributed by atoms with Gasteiger partial charge in [0.05, 0.1) is 16.5 Å². The first-order valence-corrected chi connectivity index (χ1v) is 12.5. The monoisotopic (exact) mass is 482 g/mol. The van der Waals surface area contributed by atoms with Crippen LogP contribution in [0.15, 0.2) is 59.1 Å². The normalized spacial score (nSPS) is 11.0. The Kier molecular flexibility index (Phi) is 6.98. The molecule has 0 spiro atoms. The lowest BCUT2D eigenvalue weighted by Crippen LogP contribution is -2.15. The first kappa shape index (κ1) is 22.6. The summed E-state index contributed by atoms with van der Waals surface area (Å²) in [5, 5.41) is 15.1. The molecule has 4 rings (SSSR count). The number of carbonyl (C=O) groups is 1. The number of amides is 1. The molecule has 2 heterocycles. The van der Waals surface area contributed by atoms with E-state index >= 15 is 0 Å². The molecule has 0 saturated carbocycles. The maximum Gasteiger partial charge on any atom is 0.234 e. The molecular formula is C24H23ClN4OS2. The highest BCUT2D eigenvalue weighted by Crippen LogP contribution is 2.39. The van der Waals surface area contributed by atoms with Crippen LogP contribution in [0.5, 0.6) is 0 Å². The van der Waals surface area contributed by atoms with Crippen LogP contribution in [0.2, 0.25) is 5.02 Å². The third-order valence-electron chi connectivity index (χ3n) is 5.07. The third kappa shape index (κ3) is 4.75. The zero-order valence-electron chi connectivity index (χ0n) is 18.1. The molecule has 5 nitrogen and oxygen atoms in total. The predicted molar refractivity (Wildman–Crippen MR) is 135 cm³/mol. The topological polar surface area (TPSA) is 59.8 Å². The first-order valence-electron chi connectivity index (χ1n) is 10.2. The Balaban J connectivity index is 1.56. The van der Waals surface area contributed by atoms with Gasteiger partial charge in [-0.2, -0.15) is 0 Å². The Hall–Kier alpha value is -2.61. The average molecular weight is 483 g/mol. The molecule has 0 aliphatic rings. The number of nitrogens with one attached hydrogen (secondary N) is 1. The molecule has 0 radical (unpaired) electrons. The van der Waals surface area contributed by atoms with E-state index in [9.17, 15) is 4.79 Å². The number of benzene rings is 2. The summed E-state index contributed by atoms with van der Waals surface area (Å²) in [5.41, 5.74) is 5.26. The Labute approximate surface area is 200 Å². The number of aromatic nitrogens is 3. The maximum atomic E-state index is 12.4. The minimum absolute atomic E-state index is 0.137. The van der Waals surface area contributed by atoms with Crippen molar-refractivity contribution in [3.05, 3.63) is 69.4 Å². The molecule has 8 heteroatoms. The number of para-hydroxylation sites is 1. The minimum atomic E-state index is -0.137. The van der Waals surface area contributed by atoms with Crippen molar-refractivity contribution in [2.24, 2.45) is 0 Å². The fourth-order valence-corrected chi connectivity index (χ4v) is 5.31. The predicted octanol–water partition coefficient (Wildman–Crippen LogP) is 6.69. The van der Waals surface area contributed by atoms with Crippen LogP contribution in [-0.4, -0.2) is 26.4 Å². The van der Waals surface area contributed by atoms with Crippen LogP contribution in [0.4, 0.5) is 5.69 Å². The number of rotatable bonds is 7. The van der Waals surface area contributed by atoms with Crippen molar-refractivity contribution in [3.63, 3.8) is 0 Å². The van der Waals surface area contributed by atoms with Gasteiger partial charge in [-0.3, -0.25) is 4.79 Å². The van der Waals surface area contributed by atoms with E-state index in [1.807, 2.05) is 12.1 Å². The largest absolute Gasteiger partial charge is 0.324 e. The number of anilines is 1. The molecule has 2 aromatic carbocycles. The standard InChI is InChI=1S/C24H23ClN4OS2/c1-4-29-23(18-13-31-16(3)22(18)17-11-9-15(2)10-12-17)27-28-24(29)32-14-21(30)26-20-8-6-5-7-19(20)25/h5-13H,4,14H2,1-3H3,(H,26,30). The van der Waals surface area contributed by atoms with Crippen molar-refractivity contribution in [2.75, 3.05) is 11.1 Å². The number of nitrogens with zero attached hydrogens (tertiary/aromatic N) is 3. The summed E-state index contributed by atoms with van der Waals surface area (Å²) >= 11 is 9.21. The Morgan fingerprint density at radius 1 is 1.12 bits per heavy atom. The van der Waals surface area contributed by atoms with Crippen molar-refractivity contribution < 1.29 is 4.79 Å². The molecule has 0 fully saturated rings. The van der Waals surface area contributed by atoms with Gasteiger partial charge in [-0.1, -0.05) is 65.3 Å². The fraction of sp³-hybridized carbons (Fsp3) is 0.208. The number of thioether (sulfide) groups is 1. The van der Waals surface area contributed by atoms with Crippen LogP contribution in [0.25, 0.3) is 22.5 Å². The van der Waals surface area contributed by atoms with Crippen LogP contribution >= 0.6 is 34.7 Å². The van der Waals surface area contributed by atoms with Gasteiger partial charge in [0.25, 0.3) is 0 Å². The highest BCUT2D eigenvalue weighted by atomic mass is 35.5. The van der Waals surface area contributed by atoms with Crippen LogP contribution in [0, 0.1) is 13.8 Å². The molecule has 0 aliphatic heterocycles. The molecule has 0 unspecified atom stereocenters. The number of halogens is 1. The Morgan fingerprint density at radius 3 is 2.59 bits per heavy atom. The highest BCUT2D eigenvalue weighted by Gasteiger charge is 2.20. The third-order valence-corrected chi connectivity index (χ3v) is 7.28. The quantitative estimate of drug-likeness (QED) is 0.298. The van der Waals surface area contributed by atoms with E-state index in [2.05, 4.69) is 70.5 Å². The summed E-state index contributed by atoms with van der Waals surface area (Å²) in [6, 6.07) is 15.7. The van der Waals surface area contributed by atoms with Gasteiger partial charge in [-0.15, -0.1) is 21.5 Å². The van der Waals surface area contributed by atoms with Crippen molar-refractivity contribution in [2.45, 2.75) is 32.5 Å². The SMILES string of the molecule is CCn1c(SCC(=O)Nc2ccccc2Cl)nnc1-c1csc(C)c1-c1ccc(C)cc1. The van der Waals surface area contributed by atoms with Crippen molar-refractivity contribution in [3.8, 4) is 22.5 Å². The number of carbonyl (C=O) groups excluding carboxylic acids is 1. The van der Waals surface area contributed by atoms with Gasteiger partial charge < -0.3 is 9.88 Å². The molecule has 2 aromatic heterocycles. The minimum Gasteiger partial charge on any atom is -0.324 e. The van der Waals surface area contributed by atoms with E-state index < -0.39 is 0 Å². The fourth-order valence-electron chi connectivity index (χ4n) is 3.46. The first-order chi connectivity index (χ1) is 15.5.